The zero-order valence-corrected chi connectivity index (χ0v) is 17.4. The predicted octanol–water partition coefficient (Wildman–Crippen LogP) is 2.71. The second kappa shape index (κ2) is 9.25. The zero-order chi connectivity index (χ0) is 22.5. The summed E-state index contributed by atoms with van der Waals surface area (Å²) in [7, 11) is 0. The van der Waals surface area contributed by atoms with Crippen LogP contribution in [0.5, 0.6) is 0 Å². The van der Waals surface area contributed by atoms with Gasteiger partial charge in [-0.2, -0.15) is 0 Å². The van der Waals surface area contributed by atoms with E-state index in [9.17, 15) is 19.2 Å². The highest BCUT2D eigenvalue weighted by Crippen LogP contribution is 2.19. The summed E-state index contributed by atoms with van der Waals surface area (Å²) < 4.78 is 10.5. The van der Waals surface area contributed by atoms with E-state index in [2.05, 4.69) is 10.6 Å². The first-order chi connectivity index (χ1) is 14.8. The first kappa shape index (κ1) is 21.8. The molecule has 0 saturated carbocycles. The number of carbonyl (C=O) groups is 3. The lowest BCUT2D eigenvalue weighted by Gasteiger charge is -2.14. The molecule has 0 aliphatic carbocycles. The average molecular weight is 422 g/mol. The van der Waals surface area contributed by atoms with Crippen LogP contribution in [0.2, 0.25) is 0 Å². The number of hydrogen-bond donors (Lipinski definition) is 2. The van der Waals surface area contributed by atoms with E-state index in [1.54, 1.807) is 24.3 Å². The lowest BCUT2D eigenvalue weighted by molar-refractivity contribution is -0.130. The van der Waals surface area contributed by atoms with Gasteiger partial charge in [0.05, 0.1) is 11.9 Å². The minimum atomic E-state index is -1.20. The molecule has 8 heteroatoms. The molecule has 1 atom stereocenters. The number of para-hydroxylation sites is 2. The molecule has 0 spiro atoms. The Labute approximate surface area is 178 Å². The lowest BCUT2D eigenvalue weighted by atomic mass is 10.1. The molecule has 2 N–H and O–H groups in total. The van der Waals surface area contributed by atoms with Crippen molar-refractivity contribution in [3.05, 3.63) is 75.6 Å². The van der Waals surface area contributed by atoms with Gasteiger partial charge in [0, 0.05) is 11.8 Å². The molecule has 1 aromatic heterocycles. The molecule has 3 rings (SSSR count). The monoisotopic (exact) mass is 422 g/mol. The summed E-state index contributed by atoms with van der Waals surface area (Å²) in [6.07, 6.45) is -1.20. The Morgan fingerprint density at radius 1 is 1.03 bits per heavy atom. The predicted molar refractivity (Wildman–Crippen MR) is 115 cm³/mol. The number of ether oxygens (including phenoxy) is 1. The Morgan fingerprint density at radius 2 is 1.71 bits per heavy atom. The Balaban J connectivity index is 1.57. The van der Waals surface area contributed by atoms with Crippen LogP contribution < -0.4 is 16.1 Å². The van der Waals surface area contributed by atoms with Crippen LogP contribution in [-0.4, -0.2) is 30.4 Å². The number of hydrogen-bond acceptors (Lipinski definition) is 6. The number of anilines is 1. The fourth-order valence-corrected chi connectivity index (χ4v) is 2.98. The summed E-state index contributed by atoms with van der Waals surface area (Å²) in [6, 6.07) is 13.1. The minimum absolute atomic E-state index is 0.238. The van der Waals surface area contributed by atoms with Crippen molar-refractivity contribution in [2.45, 2.75) is 26.9 Å². The number of carbonyl (C=O) groups excluding carboxylic acids is 3. The first-order valence-corrected chi connectivity index (χ1v) is 9.64. The number of nitrogens with one attached hydrogen (secondary N) is 2. The highest BCUT2D eigenvalue weighted by molar-refractivity contribution is 5.97. The van der Waals surface area contributed by atoms with Gasteiger partial charge in [0.25, 0.3) is 5.91 Å². The second-order valence-electron chi connectivity index (χ2n) is 7.05. The number of fused-ring (bicyclic) bond motifs is 1. The third-order valence-electron chi connectivity index (χ3n) is 4.66. The number of esters is 1. The topological polar surface area (TPSA) is 115 Å². The standard InChI is InChI=1S/C23H22N2O6/c1-13-7-6-8-14(2)21(13)25-20(27)12-24-22(28)15(3)30-23(29)19-11-17(26)16-9-4-5-10-18(16)31-19/h4-11,15H,12H2,1-3H3,(H,24,28)(H,25,27). The van der Waals surface area contributed by atoms with Crippen molar-refractivity contribution in [1.82, 2.24) is 5.32 Å². The van der Waals surface area contributed by atoms with Crippen molar-refractivity contribution in [3.63, 3.8) is 0 Å². The molecule has 0 radical (unpaired) electrons. The first-order valence-electron chi connectivity index (χ1n) is 9.64. The fourth-order valence-electron chi connectivity index (χ4n) is 2.98. The average Bonchev–Trinajstić information content (AvgIpc) is 2.74. The molecule has 0 bridgehead atoms. The quantitative estimate of drug-likeness (QED) is 0.591. The maximum atomic E-state index is 12.3. The van der Waals surface area contributed by atoms with Gasteiger partial charge in [0.2, 0.25) is 11.7 Å². The number of amides is 2. The molecule has 31 heavy (non-hydrogen) atoms. The van der Waals surface area contributed by atoms with E-state index in [1.807, 2.05) is 32.0 Å². The summed E-state index contributed by atoms with van der Waals surface area (Å²) in [5.41, 5.74) is 2.33. The molecule has 1 heterocycles. The van der Waals surface area contributed by atoms with Gasteiger partial charge < -0.3 is 19.8 Å². The summed E-state index contributed by atoms with van der Waals surface area (Å²) in [5.74, 6) is -2.33. The third kappa shape index (κ3) is 5.16. The summed E-state index contributed by atoms with van der Waals surface area (Å²) >= 11 is 0. The van der Waals surface area contributed by atoms with E-state index in [-0.39, 0.29) is 17.9 Å². The zero-order valence-electron chi connectivity index (χ0n) is 17.4. The normalized spacial score (nSPS) is 11.6. The van der Waals surface area contributed by atoms with Crippen LogP contribution in [0.4, 0.5) is 5.69 Å². The van der Waals surface area contributed by atoms with Crippen LogP contribution in [0.25, 0.3) is 11.0 Å². The van der Waals surface area contributed by atoms with Crippen LogP contribution in [-0.2, 0) is 14.3 Å². The molecule has 0 aliphatic heterocycles. The number of rotatable bonds is 6. The van der Waals surface area contributed by atoms with Crippen LogP contribution in [0.1, 0.15) is 28.6 Å². The van der Waals surface area contributed by atoms with Gasteiger partial charge in [-0.1, -0.05) is 30.3 Å². The van der Waals surface area contributed by atoms with Crippen molar-refractivity contribution in [2.24, 2.45) is 0 Å². The van der Waals surface area contributed by atoms with Crippen LogP contribution in [0.15, 0.2) is 57.7 Å². The van der Waals surface area contributed by atoms with Gasteiger partial charge in [0.1, 0.15) is 5.58 Å². The second-order valence-corrected chi connectivity index (χ2v) is 7.05. The van der Waals surface area contributed by atoms with Crippen LogP contribution in [0, 0.1) is 13.8 Å². The van der Waals surface area contributed by atoms with Crippen molar-refractivity contribution >= 4 is 34.4 Å². The fraction of sp³-hybridized carbons (Fsp3) is 0.217. The molecule has 0 fully saturated rings. The molecule has 2 amide bonds. The Bertz CT molecular complexity index is 1190. The maximum Gasteiger partial charge on any atom is 0.375 e. The van der Waals surface area contributed by atoms with Crippen molar-refractivity contribution in [3.8, 4) is 0 Å². The van der Waals surface area contributed by atoms with Gasteiger partial charge in [-0.15, -0.1) is 0 Å². The van der Waals surface area contributed by atoms with E-state index in [0.717, 1.165) is 17.2 Å². The van der Waals surface area contributed by atoms with Gasteiger partial charge in [-0.05, 0) is 44.0 Å². The summed E-state index contributed by atoms with van der Waals surface area (Å²) in [5, 5.41) is 5.50. The Kier molecular flexibility index (Phi) is 6.49. The molecule has 0 aliphatic rings. The van der Waals surface area contributed by atoms with Gasteiger partial charge in [0.15, 0.2) is 11.5 Å². The molecule has 0 saturated heterocycles. The van der Waals surface area contributed by atoms with E-state index in [0.29, 0.717) is 11.1 Å². The van der Waals surface area contributed by atoms with E-state index in [1.165, 1.54) is 6.92 Å². The maximum absolute atomic E-state index is 12.3. The van der Waals surface area contributed by atoms with Crippen molar-refractivity contribution in [2.75, 3.05) is 11.9 Å². The van der Waals surface area contributed by atoms with Gasteiger partial charge in [-0.3, -0.25) is 14.4 Å². The molecule has 1 unspecified atom stereocenters. The minimum Gasteiger partial charge on any atom is -0.449 e. The van der Waals surface area contributed by atoms with Crippen LogP contribution in [0.3, 0.4) is 0 Å². The molecule has 3 aromatic rings. The molecule has 8 nitrogen and oxygen atoms in total. The summed E-state index contributed by atoms with van der Waals surface area (Å²) in [6.45, 7) is 4.80. The highest BCUT2D eigenvalue weighted by Gasteiger charge is 2.22. The van der Waals surface area contributed by atoms with Crippen molar-refractivity contribution < 1.29 is 23.5 Å². The Hall–Kier alpha value is -3.94. The van der Waals surface area contributed by atoms with Gasteiger partial charge >= 0.3 is 5.97 Å². The lowest BCUT2D eigenvalue weighted by Crippen LogP contribution is -2.40. The molecular weight excluding hydrogens is 400 g/mol. The molecule has 160 valence electrons. The Morgan fingerprint density at radius 3 is 2.42 bits per heavy atom. The number of benzene rings is 2. The van der Waals surface area contributed by atoms with E-state index < -0.39 is 29.3 Å². The van der Waals surface area contributed by atoms with E-state index >= 15 is 0 Å². The SMILES string of the molecule is Cc1cccc(C)c1NC(=O)CNC(=O)C(C)OC(=O)c1cc(=O)c2ccccc2o1. The highest BCUT2D eigenvalue weighted by atomic mass is 16.6. The molecular formula is C23H22N2O6. The van der Waals surface area contributed by atoms with Crippen LogP contribution >= 0.6 is 0 Å². The van der Waals surface area contributed by atoms with E-state index in [4.69, 9.17) is 9.15 Å². The molecule has 2 aromatic carbocycles. The number of aryl methyl sites for hydroxylation is 2. The third-order valence-corrected chi connectivity index (χ3v) is 4.66. The van der Waals surface area contributed by atoms with Gasteiger partial charge in [-0.25, -0.2) is 4.79 Å². The van der Waals surface area contributed by atoms with Crippen molar-refractivity contribution in [1.29, 1.82) is 0 Å². The largest absolute Gasteiger partial charge is 0.449 e. The smallest absolute Gasteiger partial charge is 0.375 e. The summed E-state index contributed by atoms with van der Waals surface area (Å²) in [4.78, 5) is 48.8.